The van der Waals surface area contributed by atoms with E-state index in [1.807, 2.05) is 0 Å². The van der Waals surface area contributed by atoms with Gasteiger partial charge in [0.2, 0.25) is 0 Å². The van der Waals surface area contributed by atoms with E-state index in [4.69, 9.17) is 4.99 Å². The second-order valence-corrected chi connectivity index (χ2v) is 12.4. The van der Waals surface area contributed by atoms with E-state index in [1.54, 1.807) is 11.8 Å². The van der Waals surface area contributed by atoms with Gasteiger partial charge in [-0.25, -0.2) is 4.99 Å². The highest BCUT2D eigenvalue weighted by molar-refractivity contribution is 9.11. The molecule has 0 radical (unpaired) electrons. The number of thioether (sulfide) groups is 1. The van der Waals surface area contributed by atoms with Crippen molar-refractivity contribution in [1.29, 1.82) is 0 Å². The molecule has 6 heteroatoms. The van der Waals surface area contributed by atoms with Crippen LogP contribution in [0, 0.1) is 0 Å². The van der Waals surface area contributed by atoms with Crippen LogP contribution in [0.1, 0.15) is 42.0 Å². The third-order valence-corrected chi connectivity index (χ3v) is 9.00. The lowest BCUT2D eigenvalue weighted by molar-refractivity contribution is 0.458. The normalized spacial score (nSPS) is 20.5. The highest BCUT2D eigenvalue weighted by Gasteiger charge is 2.40. The van der Waals surface area contributed by atoms with Crippen molar-refractivity contribution >= 4 is 76.5 Å². The van der Waals surface area contributed by atoms with Gasteiger partial charge in [0.05, 0.1) is 17.4 Å². The Balaban J connectivity index is 1.48. The topological polar surface area (TPSA) is 15.6 Å². The van der Waals surface area contributed by atoms with Crippen molar-refractivity contribution in [1.82, 2.24) is 4.90 Å². The van der Waals surface area contributed by atoms with Crippen molar-refractivity contribution in [2.24, 2.45) is 4.99 Å². The van der Waals surface area contributed by atoms with E-state index in [-0.39, 0.29) is 6.04 Å². The third kappa shape index (κ3) is 4.66. The molecule has 3 aromatic rings. The molecule has 0 fully saturated rings. The first kappa shape index (κ1) is 23.5. The fourth-order valence-electron chi connectivity index (χ4n) is 4.95. The quantitative estimate of drug-likeness (QED) is 0.276. The van der Waals surface area contributed by atoms with E-state index in [2.05, 4.69) is 137 Å². The van der Waals surface area contributed by atoms with Gasteiger partial charge in [-0.05, 0) is 89.6 Å². The first-order valence-corrected chi connectivity index (χ1v) is 14.8. The molecule has 174 valence electrons. The Hall–Kier alpha value is -1.86. The number of allylic oxidation sites excluding steroid dienone is 1. The smallest absolute Gasteiger partial charge is 0.174 e. The van der Waals surface area contributed by atoms with Gasteiger partial charge in [-0.15, -0.1) is 0 Å². The maximum Gasteiger partial charge on any atom is 0.174 e. The molecule has 0 unspecified atom stereocenters. The molecule has 0 N–H and O–H groups in total. The van der Waals surface area contributed by atoms with E-state index >= 15 is 0 Å². The van der Waals surface area contributed by atoms with Crippen LogP contribution in [0.4, 0.5) is 0 Å². The maximum atomic E-state index is 5.28. The minimum atomic E-state index is 0.129. The average molecular weight is 669 g/mol. The number of benzene rings is 3. The molecule has 1 aliphatic carbocycles. The Morgan fingerprint density at radius 3 is 2.11 bits per heavy atom. The van der Waals surface area contributed by atoms with E-state index in [9.17, 15) is 0 Å². The molecule has 3 aromatic carbocycles. The number of amidine groups is 1. The highest BCUT2D eigenvalue weighted by atomic mass is 79.9. The molecule has 0 saturated carbocycles. The molecule has 2 nitrogen and oxygen atoms in total. The number of hydrogen-bond donors (Lipinski definition) is 0. The molecule has 0 saturated heterocycles. The van der Waals surface area contributed by atoms with Crippen LogP contribution >= 0.6 is 59.6 Å². The van der Waals surface area contributed by atoms with Crippen molar-refractivity contribution < 1.29 is 0 Å². The molecule has 0 aromatic heterocycles. The van der Waals surface area contributed by atoms with Gasteiger partial charge in [0.25, 0.3) is 0 Å². The summed E-state index contributed by atoms with van der Waals surface area (Å²) >= 11 is 12.5. The van der Waals surface area contributed by atoms with Gasteiger partial charge < -0.3 is 4.90 Å². The first-order chi connectivity index (χ1) is 17.1. The van der Waals surface area contributed by atoms with Gasteiger partial charge in [0.1, 0.15) is 0 Å². The molecule has 2 aliphatic heterocycles. The molecular weight excluding hydrogens is 648 g/mol. The molecule has 0 spiro atoms. The fourth-order valence-corrected chi connectivity index (χ4v) is 6.67. The Bertz CT molecular complexity index is 1400. The Labute approximate surface area is 235 Å². The first-order valence-electron chi connectivity index (χ1n) is 11.5. The van der Waals surface area contributed by atoms with Crippen LogP contribution in [0.25, 0.3) is 11.8 Å². The van der Waals surface area contributed by atoms with Crippen LogP contribution in [0.5, 0.6) is 0 Å². The van der Waals surface area contributed by atoms with Crippen LogP contribution in [-0.2, 0) is 0 Å². The van der Waals surface area contributed by atoms with Crippen molar-refractivity contribution in [3.05, 3.63) is 125 Å². The summed E-state index contributed by atoms with van der Waals surface area (Å²) in [5, 5.41) is 3.31. The zero-order valence-electron chi connectivity index (χ0n) is 18.7. The SMILES string of the molecule is Brc1ccc(/C=C2\CCCC3=C2N=C2SC=C(c4ccc(Br)cc4)N2[C@@H]3c2ccc(Br)cc2)cc1. The zero-order chi connectivity index (χ0) is 23.9. The molecule has 2 heterocycles. The molecule has 35 heavy (non-hydrogen) atoms. The van der Waals surface area contributed by atoms with Gasteiger partial charge in [0.15, 0.2) is 5.17 Å². The Morgan fingerprint density at radius 1 is 0.800 bits per heavy atom. The molecule has 3 aliphatic rings. The monoisotopic (exact) mass is 666 g/mol. The van der Waals surface area contributed by atoms with Crippen LogP contribution in [0.3, 0.4) is 0 Å². The van der Waals surface area contributed by atoms with Crippen molar-refractivity contribution in [3.8, 4) is 0 Å². The summed E-state index contributed by atoms with van der Waals surface area (Å²) in [4.78, 5) is 7.73. The molecular formula is C29H21Br3N2S. The minimum absolute atomic E-state index is 0.129. The molecule has 0 amide bonds. The van der Waals surface area contributed by atoms with Crippen LogP contribution in [0.2, 0.25) is 0 Å². The standard InChI is InChI=1S/C29H21Br3N2S/c30-22-10-4-18(5-11-22)16-21-2-1-3-25-27(21)33-29-34(28(25)20-8-14-24(32)15-9-20)26(17-35-29)19-6-12-23(31)13-7-19/h4-17,28H,1-3H2/b21-16+/t28-/m1/s1. The van der Waals surface area contributed by atoms with Crippen LogP contribution in [-0.4, -0.2) is 10.1 Å². The van der Waals surface area contributed by atoms with Gasteiger partial charge in [0, 0.05) is 18.8 Å². The van der Waals surface area contributed by atoms with Gasteiger partial charge >= 0.3 is 0 Å². The maximum absolute atomic E-state index is 5.28. The average Bonchev–Trinajstić information content (AvgIpc) is 3.29. The van der Waals surface area contributed by atoms with E-state index in [0.717, 1.165) is 37.8 Å². The number of fused-ring (bicyclic) bond motifs is 1. The lowest BCUT2D eigenvalue weighted by atomic mass is 9.83. The Morgan fingerprint density at radius 2 is 1.43 bits per heavy atom. The number of hydrogen-bond acceptors (Lipinski definition) is 3. The largest absolute Gasteiger partial charge is 0.308 e. The lowest BCUT2D eigenvalue weighted by Gasteiger charge is -2.40. The van der Waals surface area contributed by atoms with E-state index in [1.165, 1.54) is 39.2 Å². The summed E-state index contributed by atoms with van der Waals surface area (Å²) in [5.41, 5.74) is 8.85. The lowest BCUT2D eigenvalue weighted by Crippen LogP contribution is -2.34. The van der Waals surface area contributed by atoms with Gasteiger partial charge in [-0.2, -0.15) is 0 Å². The van der Waals surface area contributed by atoms with E-state index < -0.39 is 0 Å². The minimum Gasteiger partial charge on any atom is -0.308 e. The highest BCUT2D eigenvalue weighted by Crippen LogP contribution is 2.51. The van der Waals surface area contributed by atoms with E-state index in [0.29, 0.717) is 0 Å². The van der Waals surface area contributed by atoms with Crippen molar-refractivity contribution in [2.75, 3.05) is 0 Å². The zero-order valence-corrected chi connectivity index (χ0v) is 24.3. The Kier molecular flexibility index (Phi) is 6.65. The van der Waals surface area contributed by atoms with Crippen LogP contribution < -0.4 is 0 Å². The predicted molar refractivity (Wildman–Crippen MR) is 159 cm³/mol. The van der Waals surface area contributed by atoms with Gasteiger partial charge in [-0.1, -0.05) is 95.9 Å². The predicted octanol–water partition coefficient (Wildman–Crippen LogP) is 9.95. The summed E-state index contributed by atoms with van der Waals surface area (Å²) in [5.74, 6) is 0. The second kappa shape index (κ2) is 9.89. The second-order valence-electron chi connectivity index (χ2n) is 8.79. The van der Waals surface area contributed by atoms with Gasteiger partial charge in [-0.3, -0.25) is 0 Å². The summed E-state index contributed by atoms with van der Waals surface area (Å²) in [7, 11) is 0. The van der Waals surface area contributed by atoms with Crippen LogP contribution in [0.15, 0.2) is 113 Å². The number of nitrogens with zero attached hydrogens (tertiary/aromatic N) is 2. The molecule has 1 atom stereocenters. The number of halogens is 3. The third-order valence-electron chi connectivity index (χ3n) is 6.57. The number of rotatable bonds is 3. The summed E-state index contributed by atoms with van der Waals surface area (Å²) in [6, 6.07) is 26.0. The fraction of sp³-hybridized carbons (Fsp3) is 0.138. The summed E-state index contributed by atoms with van der Waals surface area (Å²) in [6.07, 6.45) is 5.56. The summed E-state index contributed by atoms with van der Waals surface area (Å²) in [6.45, 7) is 0. The van der Waals surface area contributed by atoms with Crippen molar-refractivity contribution in [2.45, 2.75) is 25.3 Å². The number of aliphatic imine (C=N–C) groups is 1. The molecule has 0 bridgehead atoms. The molecule has 6 rings (SSSR count). The summed E-state index contributed by atoms with van der Waals surface area (Å²) < 4.78 is 3.28. The van der Waals surface area contributed by atoms with Crippen molar-refractivity contribution in [3.63, 3.8) is 0 Å².